The molecule has 3 N–H and O–H groups in total. The lowest BCUT2D eigenvalue weighted by atomic mass is 10.0. The van der Waals surface area contributed by atoms with E-state index in [0.29, 0.717) is 6.07 Å². The van der Waals surface area contributed by atoms with Gasteiger partial charge in [0, 0.05) is 25.2 Å². The number of amides is 2. The number of halogens is 3. The third-order valence-corrected chi connectivity index (χ3v) is 6.78. The van der Waals surface area contributed by atoms with Crippen LogP contribution in [-0.2, 0) is 16.6 Å². The Morgan fingerprint density at radius 2 is 1.89 bits per heavy atom. The molecule has 2 aromatic rings. The minimum absolute atomic E-state index is 0.0881. The van der Waals surface area contributed by atoms with Crippen molar-refractivity contribution in [2.75, 3.05) is 19.3 Å². The number of nitrogens with one attached hydrogen (secondary N) is 2. The Balaban J connectivity index is 1.82. The summed E-state index contributed by atoms with van der Waals surface area (Å²) >= 11 is 0. The summed E-state index contributed by atoms with van der Waals surface area (Å²) in [5, 5.41) is 12.8. The van der Waals surface area contributed by atoms with Crippen molar-refractivity contribution in [1.29, 1.82) is 0 Å². The van der Waals surface area contributed by atoms with Gasteiger partial charge in [0.15, 0.2) is 28.9 Å². The zero-order valence-electron chi connectivity index (χ0n) is 18.6. The van der Waals surface area contributed by atoms with Gasteiger partial charge >= 0.3 is 0 Å². The molecule has 4 rings (SSSR count). The predicted molar refractivity (Wildman–Crippen MR) is 116 cm³/mol. The molecule has 188 valence electrons. The molecular formula is C21H21F3N4O6S. The molecule has 2 atom stereocenters. The van der Waals surface area contributed by atoms with Crippen LogP contribution < -0.4 is 15.5 Å². The highest BCUT2D eigenvalue weighted by Crippen LogP contribution is 2.42. The number of sulfonamides is 1. The quantitative estimate of drug-likeness (QED) is 0.490. The van der Waals surface area contributed by atoms with Crippen LogP contribution in [0.15, 0.2) is 16.9 Å². The number of aromatic nitrogens is 1. The van der Waals surface area contributed by atoms with Gasteiger partial charge in [0.05, 0.1) is 24.0 Å². The highest BCUT2D eigenvalue weighted by atomic mass is 32.2. The largest absolute Gasteiger partial charge is 0.503 e. The molecule has 2 aliphatic rings. The van der Waals surface area contributed by atoms with Gasteiger partial charge in [0.1, 0.15) is 5.56 Å². The first-order valence-electron chi connectivity index (χ1n) is 10.5. The topological polar surface area (TPSA) is 138 Å². The molecule has 2 aliphatic heterocycles. The molecule has 2 amide bonds. The Morgan fingerprint density at radius 1 is 1.20 bits per heavy atom. The van der Waals surface area contributed by atoms with Gasteiger partial charge in [0.2, 0.25) is 15.5 Å². The molecule has 0 saturated heterocycles. The normalized spacial score (nSPS) is 19.1. The van der Waals surface area contributed by atoms with Crippen molar-refractivity contribution in [3.8, 4) is 5.75 Å². The number of hydrogen-bond donors (Lipinski definition) is 3. The van der Waals surface area contributed by atoms with E-state index < -0.39 is 80.2 Å². The van der Waals surface area contributed by atoms with Crippen molar-refractivity contribution in [3.63, 3.8) is 0 Å². The van der Waals surface area contributed by atoms with Gasteiger partial charge in [-0.05, 0) is 19.4 Å². The summed E-state index contributed by atoms with van der Waals surface area (Å²) in [4.78, 5) is 40.4. The van der Waals surface area contributed by atoms with E-state index in [1.807, 2.05) is 0 Å². The Kier molecular flexibility index (Phi) is 6.13. The fourth-order valence-electron chi connectivity index (χ4n) is 4.58. The van der Waals surface area contributed by atoms with Crippen LogP contribution in [0.5, 0.6) is 5.75 Å². The van der Waals surface area contributed by atoms with E-state index in [4.69, 9.17) is 0 Å². The number of carbonyl (C=O) groups excluding carboxylic acids is 2. The summed E-state index contributed by atoms with van der Waals surface area (Å²) in [7, 11) is -3.83. The third-order valence-electron chi connectivity index (χ3n) is 6.07. The number of pyridine rings is 1. The van der Waals surface area contributed by atoms with Gasteiger partial charge in [0.25, 0.3) is 11.8 Å². The number of carbonyl (C=O) groups is 2. The molecule has 3 heterocycles. The highest BCUT2D eigenvalue weighted by Gasteiger charge is 2.45. The second kappa shape index (κ2) is 8.68. The van der Waals surface area contributed by atoms with Gasteiger partial charge in [-0.3, -0.25) is 14.4 Å². The van der Waals surface area contributed by atoms with Crippen molar-refractivity contribution in [1.82, 2.24) is 19.5 Å². The first-order chi connectivity index (χ1) is 16.4. The SMILES string of the molecule is CCN1CC2C[C@@H](NS(C)(=O)=O)c3c(C(=O)NCc4ccc(F)c(F)c4F)c(=O)c(O)c(n32)C1=O. The summed E-state index contributed by atoms with van der Waals surface area (Å²) in [6.45, 7) is 1.48. The van der Waals surface area contributed by atoms with Crippen LogP contribution in [-0.4, -0.2) is 54.2 Å². The van der Waals surface area contributed by atoms with Crippen LogP contribution in [0.4, 0.5) is 13.2 Å². The van der Waals surface area contributed by atoms with Crippen LogP contribution in [0.25, 0.3) is 0 Å². The second-order valence-corrected chi connectivity index (χ2v) is 10.1. The molecule has 35 heavy (non-hydrogen) atoms. The molecule has 0 fully saturated rings. The van der Waals surface area contributed by atoms with E-state index in [2.05, 4.69) is 10.0 Å². The summed E-state index contributed by atoms with van der Waals surface area (Å²) in [6.07, 6.45) is 0.976. The Hall–Kier alpha value is -3.39. The van der Waals surface area contributed by atoms with E-state index >= 15 is 0 Å². The molecule has 1 unspecified atom stereocenters. The molecule has 10 nitrogen and oxygen atoms in total. The maximum Gasteiger partial charge on any atom is 0.274 e. The van der Waals surface area contributed by atoms with Gasteiger partial charge in [-0.1, -0.05) is 6.07 Å². The lowest BCUT2D eigenvalue weighted by Gasteiger charge is -2.33. The fourth-order valence-corrected chi connectivity index (χ4v) is 5.30. The monoisotopic (exact) mass is 514 g/mol. The van der Waals surface area contributed by atoms with Gasteiger partial charge in [-0.15, -0.1) is 0 Å². The van der Waals surface area contributed by atoms with E-state index in [1.54, 1.807) is 6.92 Å². The zero-order chi connectivity index (χ0) is 25.8. The number of rotatable bonds is 6. The molecule has 0 saturated carbocycles. The lowest BCUT2D eigenvalue weighted by molar-refractivity contribution is 0.0675. The Bertz CT molecular complexity index is 1430. The number of likely N-dealkylation sites (N-methyl/N-ethyl adjacent to an activating group) is 1. The van der Waals surface area contributed by atoms with Crippen LogP contribution in [0.3, 0.4) is 0 Å². The standard InChI is InChI=1S/C21H21F3N4O6S/c1-3-27-8-10-6-12(26-35(2,33)34)16-13(18(29)19(30)17(21(27)32)28(10)16)20(31)25-7-9-4-5-11(22)15(24)14(9)23/h4-5,10,12,26,30H,3,6-8H2,1-2H3,(H,25,31)/t10?,12-/m1/s1. The maximum absolute atomic E-state index is 14.0. The minimum Gasteiger partial charge on any atom is -0.503 e. The zero-order valence-corrected chi connectivity index (χ0v) is 19.4. The Morgan fingerprint density at radius 3 is 2.51 bits per heavy atom. The first-order valence-corrected chi connectivity index (χ1v) is 12.4. The molecule has 14 heteroatoms. The average molecular weight is 514 g/mol. The van der Waals surface area contributed by atoms with E-state index in [0.717, 1.165) is 12.3 Å². The van der Waals surface area contributed by atoms with Crippen molar-refractivity contribution in [2.45, 2.75) is 32.0 Å². The smallest absolute Gasteiger partial charge is 0.274 e. The van der Waals surface area contributed by atoms with E-state index in [-0.39, 0.29) is 30.9 Å². The van der Waals surface area contributed by atoms with Crippen LogP contribution in [0.2, 0.25) is 0 Å². The molecule has 0 aliphatic carbocycles. The van der Waals surface area contributed by atoms with E-state index in [1.165, 1.54) is 9.47 Å². The van der Waals surface area contributed by atoms with Crippen molar-refractivity contribution in [3.05, 3.63) is 62.3 Å². The van der Waals surface area contributed by atoms with Crippen LogP contribution >= 0.6 is 0 Å². The average Bonchev–Trinajstić information content (AvgIpc) is 3.11. The number of benzene rings is 1. The lowest BCUT2D eigenvalue weighted by Crippen LogP contribution is -2.44. The number of hydrogen-bond acceptors (Lipinski definition) is 6. The van der Waals surface area contributed by atoms with Crippen molar-refractivity contribution in [2.24, 2.45) is 0 Å². The molecule has 0 radical (unpaired) electrons. The van der Waals surface area contributed by atoms with Crippen LogP contribution in [0.1, 0.15) is 57.5 Å². The third kappa shape index (κ3) is 4.16. The number of nitrogens with zero attached hydrogens (tertiary/aromatic N) is 2. The number of aromatic hydroxyl groups is 1. The van der Waals surface area contributed by atoms with Gasteiger partial charge in [-0.2, -0.15) is 0 Å². The summed E-state index contributed by atoms with van der Waals surface area (Å²) in [5.41, 5.74) is -2.75. The van der Waals surface area contributed by atoms with Crippen molar-refractivity contribution >= 4 is 21.8 Å². The van der Waals surface area contributed by atoms with Crippen molar-refractivity contribution < 1.29 is 36.3 Å². The molecule has 1 aromatic heterocycles. The second-order valence-electron chi connectivity index (χ2n) is 8.35. The highest BCUT2D eigenvalue weighted by molar-refractivity contribution is 7.88. The molecule has 1 aromatic carbocycles. The summed E-state index contributed by atoms with van der Waals surface area (Å²) < 4.78 is 68.3. The van der Waals surface area contributed by atoms with Gasteiger partial charge in [-0.25, -0.2) is 26.3 Å². The maximum atomic E-state index is 14.0. The summed E-state index contributed by atoms with van der Waals surface area (Å²) in [5.74, 6) is -7.44. The van der Waals surface area contributed by atoms with Crippen LogP contribution in [0, 0.1) is 17.5 Å². The molecular weight excluding hydrogens is 493 g/mol. The molecule has 0 bridgehead atoms. The minimum atomic E-state index is -3.83. The molecule has 0 spiro atoms. The summed E-state index contributed by atoms with van der Waals surface area (Å²) in [6, 6.07) is -0.0429. The first kappa shape index (κ1) is 24.7. The van der Waals surface area contributed by atoms with E-state index in [9.17, 15) is 41.1 Å². The fraction of sp³-hybridized carbons (Fsp3) is 0.381. The Labute approximate surface area is 197 Å². The van der Waals surface area contributed by atoms with Gasteiger partial charge < -0.3 is 19.9 Å². The predicted octanol–water partition coefficient (Wildman–Crippen LogP) is 0.912.